The molecule has 1 heterocycles. The van der Waals surface area contributed by atoms with Gasteiger partial charge in [-0.1, -0.05) is 54.1 Å². The summed E-state index contributed by atoms with van der Waals surface area (Å²) in [6.07, 6.45) is 2.61. The van der Waals surface area contributed by atoms with E-state index in [9.17, 15) is 18.0 Å². The Morgan fingerprint density at radius 3 is 2.50 bits per heavy atom. The van der Waals surface area contributed by atoms with Crippen LogP contribution in [0.2, 0.25) is 5.02 Å². The van der Waals surface area contributed by atoms with Crippen LogP contribution in [0.4, 0.5) is 5.69 Å². The Morgan fingerprint density at radius 1 is 0.957 bits per heavy atom. The molecule has 2 N–H and O–H groups in total. The topological polar surface area (TPSA) is 123 Å². The fraction of sp³-hybridized carbons (Fsp3) is 0.147. The molecule has 5 rings (SSSR count). The van der Waals surface area contributed by atoms with Crippen LogP contribution in [0.25, 0.3) is 10.4 Å². The number of anilines is 1. The summed E-state index contributed by atoms with van der Waals surface area (Å²) in [5.41, 5.74) is 2.58. The number of thiazole rings is 1. The van der Waals surface area contributed by atoms with Crippen molar-refractivity contribution in [2.24, 2.45) is 0 Å². The van der Waals surface area contributed by atoms with Gasteiger partial charge < -0.3 is 15.2 Å². The maximum Gasteiger partial charge on any atom is 0.341 e. The van der Waals surface area contributed by atoms with E-state index in [4.69, 9.17) is 21.4 Å². The molecular weight excluding hydrogens is 664 g/mol. The van der Waals surface area contributed by atoms with Gasteiger partial charge in [-0.25, -0.2) is 18.2 Å². The van der Waals surface area contributed by atoms with E-state index < -0.39 is 28.3 Å². The molecule has 8 nitrogen and oxygen atoms in total. The van der Waals surface area contributed by atoms with Crippen molar-refractivity contribution in [2.45, 2.75) is 28.4 Å². The highest BCUT2D eigenvalue weighted by Gasteiger charge is 2.16. The molecule has 1 amide bonds. The van der Waals surface area contributed by atoms with Gasteiger partial charge in [-0.3, -0.25) is 4.79 Å². The Balaban J connectivity index is 1.24. The first-order valence-corrected chi connectivity index (χ1v) is 18.0. The van der Waals surface area contributed by atoms with Gasteiger partial charge in [-0.2, -0.15) is 0 Å². The molecule has 0 saturated heterocycles. The van der Waals surface area contributed by atoms with Gasteiger partial charge in [0.05, 0.1) is 27.0 Å². The van der Waals surface area contributed by atoms with Gasteiger partial charge in [0.1, 0.15) is 10.8 Å². The molecule has 1 aromatic heterocycles. The van der Waals surface area contributed by atoms with Crippen LogP contribution in [-0.2, 0) is 26.8 Å². The van der Waals surface area contributed by atoms with Crippen LogP contribution in [0.15, 0.2) is 113 Å². The highest BCUT2D eigenvalue weighted by Crippen LogP contribution is 2.31. The van der Waals surface area contributed by atoms with Gasteiger partial charge >= 0.3 is 5.97 Å². The van der Waals surface area contributed by atoms with E-state index >= 15 is 0 Å². The second kappa shape index (κ2) is 15.4. The zero-order chi connectivity index (χ0) is 32.5. The Hall–Kier alpha value is -4.16. The smallest absolute Gasteiger partial charge is 0.341 e. The lowest BCUT2D eigenvalue weighted by molar-refractivity contribution is -0.139. The van der Waals surface area contributed by atoms with Crippen molar-refractivity contribution in [3.63, 3.8) is 0 Å². The summed E-state index contributed by atoms with van der Waals surface area (Å²) in [6.45, 7) is -0.587. The van der Waals surface area contributed by atoms with Gasteiger partial charge in [-0.15, -0.1) is 23.1 Å². The number of carboxylic acid groups (broad SMARTS) is 1. The van der Waals surface area contributed by atoms with Crippen LogP contribution < -0.4 is 10.1 Å². The molecule has 46 heavy (non-hydrogen) atoms. The first-order valence-electron chi connectivity index (χ1n) is 14.2. The second-order valence-corrected chi connectivity index (χ2v) is 14.9. The van der Waals surface area contributed by atoms with E-state index in [-0.39, 0.29) is 16.4 Å². The first kappa shape index (κ1) is 33.2. The van der Waals surface area contributed by atoms with Crippen LogP contribution >= 0.6 is 34.7 Å². The number of halogens is 1. The predicted molar refractivity (Wildman–Crippen MR) is 183 cm³/mol. The van der Waals surface area contributed by atoms with E-state index in [0.717, 1.165) is 25.9 Å². The number of carbonyl (C=O) groups excluding carboxylic acids is 1. The summed E-state index contributed by atoms with van der Waals surface area (Å²) in [7, 11) is -3.50. The molecule has 0 aliphatic carbocycles. The summed E-state index contributed by atoms with van der Waals surface area (Å²) in [5.74, 6) is -0.796. The van der Waals surface area contributed by atoms with Gasteiger partial charge in [0.2, 0.25) is 0 Å². The van der Waals surface area contributed by atoms with Crippen LogP contribution in [0, 0.1) is 0 Å². The summed E-state index contributed by atoms with van der Waals surface area (Å²) in [6, 6.07) is 28.3. The van der Waals surface area contributed by atoms with E-state index in [0.29, 0.717) is 34.9 Å². The lowest BCUT2D eigenvalue weighted by Crippen LogP contribution is -2.15. The number of carbonyl (C=O) groups is 2. The molecule has 5 aromatic rings. The van der Waals surface area contributed by atoms with Crippen molar-refractivity contribution in [2.75, 3.05) is 17.7 Å². The van der Waals surface area contributed by atoms with Crippen molar-refractivity contribution in [3.05, 3.63) is 124 Å². The molecule has 0 bridgehead atoms. The molecule has 0 fully saturated rings. The highest BCUT2D eigenvalue weighted by molar-refractivity contribution is 7.98. The number of nitrogens with one attached hydrogen (secondary N) is 1. The van der Waals surface area contributed by atoms with Crippen molar-refractivity contribution in [1.29, 1.82) is 0 Å². The largest absolute Gasteiger partial charge is 0.480 e. The van der Waals surface area contributed by atoms with Gasteiger partial charge in [0.15, 0.2) is 16.4 Å². The van der Waals surface area contributed by atoms with Gasteiger partial charge in [-0.05, 0) is 78.6 Å². The number of nitrogens with zero attached hydrogens (tertiary/aromatic N) is 1. The van der Waals surface area contributed by atoms with Crippen molar-refractivity contribution in [3.8, 4) is 16.2 Å². The average molecular weight is 693 g/mol. The number of sulfone groups is 1. The number of thioether (sulfide) groups is 1. The molecular formula is C34H29ClN2O6S3. The van der Waals surface area contributed by atoms with E-state index in [1.807, 2.05) is 42.6 Å². The van der Waals surface area contributed by atoms with Crippen LogP contribution in [-0.4, -0.2) is 42.7 Å². The number of ether oxygens (including phenoxy) is 1. The van der Waals surface area contributed by atoms with Crippen molar-refractivity contribution in [1.82, 2.24) is 4.98 Å². The van der Waals surface area contributed by atoms with Gasteiger partial charge in [0.25, 0.3) is 5.91 Å². The first-order chi connectivity index (χ1) is 22.2. The van der Waals surface area contributed by atoms with Crippen LogP contribution in [0.3, 0.4) is 0 Å². The highest BCUT2D eigenvalue weighted by atomic mass is 35.5. The Kier molecular flexibility index (Phi) is 11.1. The van der Waals surface area contributed by atoms with E-state index in [1.54, 1.807) is 59.5 Å². The number of aromatic nitrogens is 1. The van der Waals surface area contributed by atoms with Crippen molar-refractivity contribution >= 4 is 62.1 Å². The third-order valence-electron chi connectivity index (χ3n) is 6.77. The SMILES string of the molecule is O=C(O)COc1ccc(CCCS(=O)(=O)c2ccc(Cl)cc2)cc1NC(=O)c1cccc(SCc2ncc(-c3ccccc3)s2)c1. The number of hydrogen-bond acceptors (Lipinski definition) is 8. The fourth-order valence-electron chi connectivity index (χ4n) is 4.50. The maximum absolute atomic E-state index is 13.3. The zero-order valence-corrected chi connectivity index (χ0v) is 27.6. The summed E-state index contributed by atoms with van der Waals surface area (Å²) in [4.78, 5) is 31.2. The van der Waals surface area contributed by atoms with E-state index in [1.165, 1.54) is 24.3 Å². The molecule has 0 aliphatic rings. The molecule has 0 spiro atoms. The third-order valence-corrected chi connectivity index (χ3v) is 11.1. The number of carboxylic acids is 1. The number of hydrogen-bond donors (Lipinski definition) is 2. The molecule has 0 saturated carbocycles. The monoisotopic (exact) mass is 692 g/mol. The Bertz CT molecular complexity index is 1930. The summed E-state index contributed by atoms with van der Waals surface area (Å²) < 4.78 is 30.9. The number of amides is 1. The van der Waals surface area contributed by atoms with Crippen LogP contribution in [0.5, 0.6) is 5.75 Å². The van der Waals surface area contributed by atoms with Crippen molar-refractivity contribution < 1.29 is 27.9 Å². The molecule has 12 heteroatoms. The summed E-state index contributed by atoms with van der Waals surface area (Å²) in [5, 5.41) is 13.4. The summed E-state index contributed by atoms with van der Waals surface area (Å²) >= 11 is 9.08. The molecule has 4 aromatic carbocycles. The minimum atomic E-state index is -3.50. The van der Waals surface area contributed by atoms with Gasteiger partial charge in [0, 0.05) is 21.7 Å². The lowest BCUT2D eigenvalue weighted by atomic mass is 10.1. The molecule has 0 radical (unpaired) electrons. The number of aliphatic carboxylic acids is 1. The molecule has 0 aliphatic heterocycles. The standard InChI is InChI=1S/C34H29ClN2O6S3/c35-26-12-14-28(15-13-26)46(41,42)17-5-6-23-11-16-30(43-21-33(38)39)29(18-23)37-34(40)25-9-4-10-27(19-25)44-22-32-36-20-31(45-32)24-7-2-1-3-8-24/h1-4,7-16,18-20H,5-6,17,21-22H2,(H,37,40)(H,38,39). The maximum atomic E-state index is 13.3. The van der Waals surface area contributed by atoms with E-state index in [2.05, 4.69) is 10.3 Å². The molecule has 236 valence electrons. The zero-order valence-electron chi connectivity index (χ0n) is 24.4. The number of aryl methyl sites for hydroxylation is 1. The predicted octanol–water partition coefficient (Wildman–Crippen LogP) is 7.88. The second-order valence-electron chi connectivity index (χ2n) is 10.1. The Morgan fingerprint density at radius 2 is 1.74 bits per heavy atom. The quantitative estimate of drug-likeness (QED) is 0.113. The minimum absolute atomic E-state index is 0.0768. The molecule has 0 unspecified atom stereocenters. The number of rotatable bonds is 14. The average Bonchev–Trinajstić information content (AvgIpc) is 3.53. The number of benzene rings is 4. The lowest BCUT2D eigenvalue weighted by Gasteiger charge is -2.14. The minimum Gasteiger partial charge on any atom is -0.480 e. The van der Waals surface area contributed by atoms with Crippen LogP contribution in [0.1, 0.15) is 27.3 Å². The molecule has 0 atom stereocenters. The fourth-order valence-corrected chi connectivity index (χ4v) is 7.82. The third kappa shape index (κ3) is 9.20. The normalized spacial score (nSPS) is 11.2. The Labute approximate surface area is 280 Å².